The number of methoxy groups -OCH3 is 1. The van der Waals surface area contributed by atoms with Crippen molar-refractivity contribution in [3.63, 3.8) is 0 Å². The van der Waals surface area contributed by atoms with Gasteiger partial charge in [-0.25, -0.2) is 13.6 Å². The zero-order valence-corrected chi connectivity index (χ0v) is 10.6. The molecule has 0 saturated carbocycles. The SMILES string of the molecule is COC(=O)c1ccc(C(O)Cc2cccc(F)c2F)o1. The Labute approximate surface area is 113 Å². The Kier molecular flexibility index (Phi) is 4.14. The number of esters is 1. The van der Waals surface area contributed by atoms with E-state index in [0.717, 1.165) is 6.07 Å². The van der Waals surface area contributed by atoms with E-state index >= 15 is 0 Å². The maximum absolute atomic E-state index is 13.5. The highest BCUT2D eigenvalue weighted by Crippen LogP contribution is 2.23. The summed E-state index contributed by atoms with van der Waals surface area (Å²) in [5.41, 5.74) is 0.0218. The predicted octanol–water partition coefficient (Wildman–Crippen LogP) is 2.62. The lowest BCUT2D eigenvalue weighted by molar-refractivity contribution is 0.0554. The largest absolute Gasteiger partial charge is 0.463 e. The first kappa shape index (κ1) is 14.2. The summed E-state index contributed by atoms with van der Waals surface area (Å²) in [5, 5.41) is 9.92. The molecule has 1 atom stereocenters. The van der Waals surface area contributed by atoms with Crippen LogP contribution in [0.2, 0.25) is 0 Å². The van der Waals surface area contributed by atoms with E-state index in [2.05, 4.69) is 4.74 Å². The van der Waals surface area contributed by atoms with Crippen molar-refractivity contribution in [2.75, 3.05) is 7.11 Å². The topological polar surface area (TPSA) is 59.7 Å². The molecular formula is C14H12F2O4. The van der Waals surface area contributed by atoms with Crippen LogP contribution in [0, 0.1) is 11.6 Å². The monoisotopic (exact) mass is 282 g/mol. The highest BCUT2D eigenvalue weighted by atomic mass is 19.2. The van der Waals surface area contributed by atoms with Gasteiger partial charge in [0.05, 0.1) is 7.11 Å². The fraction of sp³-hybridized carbons (Fsp3) is 0.214. The van der Waals surface area contributed by atoms with Crippen LogP contribution in [-0.2, 0) is 11.2 Å². The summed E-state index contributed by atoms with van der Waals surface area (Å²) in [7, 11) is 1.20. The third kappa shape index (κ3) is 2.85. The molecule has 20 heavy (non-hydrogen) atoms. The van der Waals surface area contributed by atoms with Gasteiger partial charge in [0.2, 0.25) is 5.76 Å². The Bertz CT molecular complexity index is 621. The van der Waals surface area contributed by atoms with Gasteiger partial charge in [0.15, 0.2) is 11.6 Å². The molecule has 6 heteroatoms. The molecule has 1 aromatic carbocycles. The van der Waals surface area contributed by atoms with Gasteiger partial charge in [0, 0.05) is 6.42 Å². The minimum absolute atomic E-state index is 0.0218. The molecule has 2 aromatic rings. The van der Waals surface area contributed by atoms with Crippen LogP contribution >= 0.6 is 0 Å². The Morgan fingerprint density at radius 1 is 1.35 bits per heavy atom. The standard InChI is InChI=1S/C14H12F2O4/c1-19-14(18)12-6-5-11(20-12)10(17)7-8-3-2-4-9(15)13(8)16/h2-6,10,17H,7H2,1H3. The lowest BCUT2D eigenvalue weighted by Gasteiger charge is -2.09. The summed E-state index contributed by atoms with van der Waals surface area (Å²) in [6, 6.07) is 6.43. The number of furan rings is 1. The van der Waals surface area contributed by atoms with Crippen LogP contribution in [0.5, 0.6) is 0 Å². The third-order valence-electron chi connectivity index (χ3n) is 2.79. The lowest BCUT2D eigenvalue weighted by Crippen LogP contribution is -2.04. The molecule has 0 bridgehead atoms. The van der Waals surface area contributed by atoms with Gasteiger partial charge in [-0.05, 0) is 23.8 Å². The normalized spacial score (nSPS) is 12.2. The second-order valence-corrected chi connectivity index (χ2v) is 4.13. The zero-order chi connectivity index (χ0) is 14.7. The summed E-state index contributed by atoms with van der Waals surface area (Å²) >= 11 is 0. The highest BCUT2D eigenvalue weighted by molar-refractivity contribution is 5.86. The summed E-state index contributed by atoms with van der Waals surface area (Å²) in [5.74, 6) is -2.66. The summed E-state index contributed by atoms with van der Waals surface area (Å²) in [6.07, 6.45) is -1.36. The molecule has 0 amide bonds. The lowest BCUT2D eigenvalue weighted by atomic mass is 10.1. The Balaban J connectivity index is 2.16. The maximum atomic E-state index is 13.5. The van der Waals surface area contributed by atoms with Crippen molar-refractivity contribution in [2.45, 2.75) is 12.5 Å². The van der Waals surface area contributed by atoms with Crippen LogP contribution in [0.15, 0.2) is 34.7 Å². The first-order chi connectivity index (χ1) is 9.52. The smallest absolute Gasteiger partial charge is 0.373 e. The second kappa shape index (κ2) is 5.83. The third-order valence-corrected chi connectivity index (χ3v) is 2.79. The van der Waals surface area contributed by atoms with Gasteiger partial charge in [0.1, 0.15) is 11.9 Å². The average molecular weight is 282 g/mol. The minimum Gasteiger partial charge on any atom is -0.463 e. The van der Waals surface area contributed by atoms with Crippen LogP contribution in [-0.4, -0.2) is 18.2 Å². The van der Waals surface area contributed by atoms with Crippen molar-refractivity contribution in [2.24, 2.45) is 0 Å². The molecule has 1 unspecified atom stereocenters. The number of halogens is 2. The van der Waals surface area contributed by atoms with Gasteiger partial charge < -0.3 is 14.3 Å². The van der Waals surface area contributed by atoms with Gasteiger partial charge in [-0.2, -0.15) is 0 Å². The van der Waals surface area contributed by atoms with E-state index in [0.29, 0.717) is 0 Å². The molecule has 1 heterocycles. The average Bonchev–Trinajstić information content (AvgIpc) is 2.93. The Morgan fingerprint density at radius 3 is 2.80 bits per heavy atom. The van der Waals surface area contributed by atoms with Crippen molar-refractivity contribution in [3.05, 3.63) is 59.1 Å². The molecule has 1 aromatic heterocycles. The zero-order valence-electron chi connectivity index (χ0n) is 10.6. The quantitative estimate of drug-likeness (QED) is 0.876. The minimum atomic E-state index is -1.19. The molecule has 0 radical (unpaired) electrons. The molecule has 1 N–H and O–H groups in total. The van der Waals surface area contributed by atoms with Gasteiger partial charge >= 0.3 is 5.97 Å². The van der Waals surface area contributed by atoms with Crippen molar-refractivity contribution >= 4 is 5.97 Å². The molecule has 106 valence electrons. The predicted molar refractivity (Wildman–Crippen MR) is 65.1 cm³/mol. The number of carbonyl (C=O) groups is 1. The van der Waals surface area contributed by atoms with Crippen LogP contribution in [0.1, 0.15) is 28.0 Å². The number of hydrogen-bond donors (Lipinski definition) is 1. The van der Waals surface area contributed by atoms with Gasteiger partial charge in [0.25, 0.3) is 0 Å². The molecule has 4 nitrogen and oxygen atoms in total. The first-order valence-corrected chi connectivity index (χ1v) is 5.82. The number of benzene rings is 1. The molecule has 2 rings (SSSR count). The van der Waals surface area contributed by atoms with Crippen molar-refractivity contribution in [3.8, 4) is 0 Å². The maximum Gasteiger partial charge on any atom is 0.373 e. The highest BCUT2D eigenvalue weighted by Gasteiger charge is 2.19. The van der Waals surface area contributed by atoms with E-state index in [-0.39, 0.29) is 23.5 Å². The van der Waals surface area contributed by atoms with Crippen LogP contribution in [0.3, 0.4) is 0 Å². The Hall–Kier alpha value is -2.21. The summed E-state index contributed by atoms with van der Waals surface area (Å²) in [4.78, 5) is 11.2. The Morgan fingerprint density at radius 2 is 2.10 bits per heavy atom. The van der Waals surface area contributed by atoms with E-state index < -0.39 is 23.7 Å². The van der Waals surface area contributed by atoms with Crippen molar-refractivity contribution in [1.82, 2.24) is 0 Å². The molecule has 0 aliphatic heterocycles. The van der Waals surface area contributed by atoms with E-state index in [1.54, 1.807) is 0 Å². The molecule has 0 fully saturated rings. The molecule has 0 aliphatic rings. The van der Waals surface area contributed by atoms with Crippen LogP contribution in [0.25, 0.3) is 0 Å². The van der Waals surface area contributed by atoms with E-state index in [4.69, 9.17) is 4.42 Å². The summed E-state index contributed by atoms with van der Waals surface area (Å²) in [6.45, 7) is 0. The summed E-state index contributed by atoms with van der Waals surface area (Å²) < 4.78 is 36.1. The van der Waals surface area contributed by atoms with Crippen molar-refractivity contribution in [1.29, 1.82) is 0 Å². The van der Waals surface area contributed by atoms with Crippen LogP contribution < -0.4 is 0 Å². The molecular weight excluding hydrogens is 270 g/mol. The second-order valence-electron chi connectivity index (χ2n) is 4.13. The molecule has 0 spiro atoms. The number of aliphatic hydroxyl groups is 1. The number of carbonyl (C=O) groups excluding carboxylic acids is 1. The number of aliphatic hydroxyl groups excluding tert-OH is 1. The number of hydrogen-bond acceptors (Lipinski definition) is 4. The molecule has 0 saturated heterocycles. The number of rotatable bonds is 4. The molecule has 0 aliphatic carbocycles. The van der Waals surface area contributed by atoms with Gasteiger partial charge in [-0.3, -0.25) is 0 Å². The van der Waals surface area contributed by atoms with Crippen LogP contribution in [0.4, 0.5) is 8.78 Å². The number of ether oxygens (including phenoxy) is 1. The van der Waals surface area contributed by atoms with Gasteiger partial charge in [-0.1, -0.05) is 12.1 Å². The van der Waals surface area contributed by atoms with Gasteiger partial charge in [-0.15, -0.1) is 0 Å². The van der Waals surface area contributed by atoms with E-state index in [1.165, 1.54) is 31.4 Å². The first-order valence-electron chi connectivity index (χ1n) is 5.82. The fourth-order valence-corrected chi connectivity index (χ4v) is 1.76. The van der Waals surface area contributed by atoms with Crippen molar-refractivity contribution < 1.29 is 27.8 Å². The van der Waals surface area contributed by atoms with E-state index in [9.17, 15) is 18.7 Å². The fourth-order valence-electron chi connectivity index (χ4n) is 1.76. The van der Waals surface area contributed by atoms with E-state index in [1.807, 2.05) is 0 Å².